The van der Waals surface area contributed by atoms with Gasteiger partial charge in [-0.3, -0.25) is 4.98 Å². The Morgan fingerprint density at radius 3 is 2.56 bits per heavy atom. The summed E-state index contributed by atoms with van der Waals surface area (Å²) in [6.45, 7) is 4.12. The zero-order valence-corrected chi connectivity index (χ0v) is 15.6. The SMILES string of the molecule is O=C(N[C@@H]1CN2CCC1CC2)N1CCc2ccccc2[C@H]1c1ccncc1. The Kier molecular flexibility index (Phi) is 4.32. The molecule has 1 aromatic carbocycles. The summed E-state index contributed by atoms with van der Waals surface area (Å²) in [6.07, 6.45) is 6.96. The van der Waals surface area contributed by atoms with Crippen molar-refractivity contribution in [1.29, 1.82) is 0 Å². The number of fused-ring (bicyclic) bond motifs is 4. The third-order valence-corrected chi connectivity index (χ3v) is 6.53. The van der Waals surface area contributed by atoms with Gasteiger partial charge in [0.15, 0.2) is 0 Å². The van der Waals surface area contributed by atoms with Gasteiger partial charge in [-0.1, -0.05) is 24.3 Å². The topological polar surface area (TPSA) is 48.5 Å². The first-order chi connectivity index (χ1) is 13.3. The molecule has 2 atom stereocenters. The number of carbonyl (C=O) groups is 1. The first-order valence-electron chi connectivity index (χ1n) is 10.1. The number of hydrogen-bond acceptors (Lipinski definition) is 3. The maximum Gasteiger partial charge on any atom is 0.318 e. The van der Waals surface area contributed by atoms with E-state index in [9.17, 15) is 4.79 Å². The summed E-state index contributed by atoms with van der Waals surface area (Å²) in [5, 5.41) is 3.38. The number of aromatic nitrogens is 1. The third-order valence-electron chi connectivity index (χ3n) is 6.53. The molecule has 0 spiro atoms. The number of carbonyl (C=O) groups excluding carboxylic acids is 1. The van der Waals surface area contributed by atoms with Crippen LogP contribution in [-0.2, 0) is 6.42 Å². The zero-order chi connectivity index (χ0) is 18.2. The normalized spacial score (nSPS) is 29.3. The van der Waals surface area contributed by atoms with Crippen LogP contribution in [0.15, 0.2) is 48.8 Å². The molecule has 140 valence electrons. The summed E-state index contributed by atoms with van der Waals surface area (Å²) >= 11 is 0. The van der Waals surface area contributed by atoms with Crippen LogP contribution in [0.3, 0.4) is 0 Å². The zero-order valence-electron chi connectivity index (χ0n) is 15.6. The number of hydrogen-bond donors (Lipinski definition) is 1. The van der Waals surface area contributed by atoms with E-state index in [4.69, 9.17) is 0 Å². The van der Waals surface area contributed by atoms with Gasteiger partial charge in [0.1, 0.15) is 0 Å². The molecule has 3 fully saturated rings. The molecular weight excluding hydrogens is 336 g/mol. The van der Waals surface area contributed by atoms with Crippen LogP contribution in [0.25, 0.3) is 0 Å². The summed E-state index contributed by atoms with van der Waals surface area (Å²) in [5.41, 5.74) is 3.70. The van der Waals surface area contributed by atoms with E-state index in [1.807, 2.05) is 29.4 Å². The maximum absolute atomic E-state index is 13.3. The second kappa shape index (κ2) is 6.97. The highest BCUT2D eigenvalue weighted by Gasteiger charge is 2.38. The van der Waals surface area contributed by atoms with E-state index in [1.54, 1.807) is 0 Å². The van der Waals surface area contributed by atoms with Crippen LogP contribution in [0.4, 0.5) is 4.79 Å². The average Bonchev–Trinajstić information content (AvgIpc) is 2.74. The van der Waals surface area contributed by atoms with Gasteiger partial charge in [0.05, 0.1) is 6.04 Å². The number of rotatable bonds is 2. The second-order valence-corrected chi connectivity index (χ2v) is 8.02. The number of amides is 2. The monoisotopic (exact) mass is 362 g/mol. The Morgan fingerprint density at radius 1 is 1.04 bits per heavy atom. The molecule has 0 saturated carbocycles. The van der Waals surface area contributed by atoms with Crippen molar-refractivity contribution < 1.29 is 4.79 Å². The molecule has 2 aromatic rings. The van der Waals surface area contributed by atoms with Gasteiger partial charge in [-0.05, 0) is 67.1 Å². The molecule has 1 aromatic heterocycles. The molecule has 2 amide bonds. The minimum Gasteiger partial charge on any atom is -0.334 e. The predicted molar refractivity (Wildman–Crippen MR) is 104 cm³/mol. The van der Waals surface area contributed by atoms with E-state index < -0.39 is 0 Å². The predicted octanol–water partition coefficient (Wildman–Crippen LogP) is 2.83. The molecule has 5 heterocycles. The van der Waals surface area contributed by atoms with Crippen LogP contribution in [0.2, 0.25) is 0 Å². The summed E-state index contributed by atoms with van der Waals surface area (Å²) in [7, 11) is 0. The highest BCUT2D eigenvalue weighted by Crippen LogP contribution is 2.35. The van der Waals surface area contributed by atoms with Crippen molar-refractivity contribution in [2.24, 2.45) is 5.92 Å². The Hall–Kier alpha value is -2.40. The third kappa shape index (κ3) is 3.10. The van der Waals surface area contributed by atoms with Gasteiger partial charge in [-0.15, -0.1) is 0 Å². The number of benzene rings is 1. The van der Waals surface area contributed by atoms with Gasteiger partial charge in [0, 0.05) is 31.5 Å². The minimum absolute atomic E-state index is 0.0426. The molecule has 0 aliphatic carbocycles. The molecule has 1 N–H and O–H groups in total. The number of piperidine rings is 3. The quantitative estimate of drug-likeness (QED) is 0.894. The second-order valence-electron chi connectivity index (χ2n) is 8.02. The smallest absolute Gasteiger partial charge is 0.318 e. The molecule has 27 heavy (non-hydrogen) atoms. The first-order valence-corrected chi connectivity index (χ1v) is 10.1. The van der Waals surface area contributed by atoms with Crippen molar-refractivity contribution in [2.75, 3.05) is 26.2 Å². The molecule has 5 heteroatoms. The van der Waals surface area contributed by atoms with Crippen molar-refractivity contribution in [3.63, 3.8) is 0 Å². The van der Waals surface area contributed by atoms with Crippen molar-refractivity contribution in [1.82, 2.24) is 20.1 Å². The Labute approximate surface area is 160 Å². The van der Waals surface area contributed by atoms with Crippen molar-refractivity contribution in [3.8, 4) is 0 Å². The Balaban J connectivity index is 1.43. The van der Waals surface area contributed by atoms with Crippen LogP contribution in [0.1, 0.15) is 35.6 Å². The molecule has 6 rings (SSSR count). The molecule has 2 bridgehead atoms. The fraction of sp³-hybridized carbons (Fsp3) is 0.455. The van der Waals surface area contributed by atoms with Gasteiger partial charge in [0.2, 0.25) is 0 Å². The van der Waals surface area contributed by atoms with Crippen LogP contribution in [0, 0.1) is 5.92 Å². The fourth-order valence-corrected chi connectivity index (χ4v) is 5.06. The lowest BCUT2D eigenvalue weighted by Gasteiger charge is -2.46. The van der Waals surface area contributed by atoms with E-state index in [0.29, 0.717) is 5.92 Å². The molecule has 0 radical (unpaired) electrons. The Bertz CT molecular complexity index is 816. The van der Waals surface area contributed by atoms with E-state index in [-0.39, 0.29) is 18.1 Å². The van der Waals surface area contributed by atoms with E-state index in [2.05, 4.69) is 39.5 Å². The molecular formula is C22H26N4O. The minimum atomic E-state index is -0.0426. The van der Waals surface area contributed by atoms with Crippen molar-refractivity contribution >= 4 is 6.03 Å². The van der Waals surface area contributed by atoms with Crippen molar-refractivity contribution in [2.45, 2.75) is 31.3 Å². The van der Waals surface area contributed by atoms with Crippen molar-refractivity contribution in [3.05, 3.63) is 65.5 Å². The van der Waals surface area contributed by atoms with Crippen LogP contribution in [-0.4, -0.2) is 53.0 Å². The molecule has 0 unspecified atom stereocenters. The van der Waals surface area contributed by atoms with Gasteiger partial charge in [-0.2, -0.15) is 0 Å². The number of urea groups is 1. The first kappa shape index (κ1) is 16.8. The van der Waals surface area contributed by atoms with Gasteiger partial charge in [-0.25, -0.2) is 4.79 Å². The largest absolute Gasteiger partial charge is 0.334 e. The molecule has 4 aliphatic rings. The summed E-state index contributed by atoms with van der Waals surface area (Å²) < 4.78 is 0. The van der Waals surface area contributed by atoms with E-state index >= 15 is 0 Å². The lowest BCUT2D eigenvalue weighted by Crippen LogP contribution is -2.59. The summed E-state index contributed by atoms with van der Waals surface area (Å²) in [6, 6.07) is 12.9. The van der Waals surface area contributed by atoms with Gasteiger partial charge in [0.25, 0.3) is 0 Å². The number of nitrogens with one attached hydrogen (secondary N) is 1. The van der Waals surface area contributed by atoms with Crippen LogP contribution < -0.4 is 5.32 Å². The maximum atomic E-state index is 13.3. The molecule has 5 nitrogen and oxygen atoms in total. The summed E-state index contributed by atoms with van der Waals surface area (Å²) in [4.78, 5) is 22.0. The highest BCUT2D eigenvalue weighted by atomic mass is 16.2. The average molecular weight is 362 g/mol. The fourth-order valence-electron chi connectivity index (χ4n) is 5.06. The van der Waals surface area contributed by atoms with E-state index in [1.165, 1.54) is 37.1 Å². The number of nitrogens with zero attached hydrogens (tertiary/aromatic N) is 3. The highest BCUT2D eigenvalue weighted by molar-refractivity contribution is 5.76. The lowest BCUT2D eigenvalue weighted by molar-refractivity contribution is 0.0715. The van der Waals surface area contributed by atoms with E-state index in [0.717, 1.165) is 25.1 Å². The standard InChI is InChI=1S/C22H26N4O/c27-22(24-20-15-25-12-7-17(20)8-13-25)26-14-9-16-3-1-2-4-19(16)21(26)18-5-10-23-11-6-18/h1-6,10-11,17,20-21H,7-9,12-15H2,(H,24,27)/t20-,21-/m1/s1. The molecule has 4 aliphatic heterocycles. The van der Waals surface area contributed by atoms with Crippen LogP contribution >= 0.6 is 0 Å². The summed E-state index contributed by atoms with van der Waals surface area (Å²) in [5.74, 6) is 0.635. The van der Waals surface area contributed by atoms with Gasteiger partial charge < -0.3 is 15.1 Å². The van der Waals surface area contributed by atoms with Gasteiger partial charge >= 0.3 is 6.03 Å². The number of pyridine rings is 1. The molecule has 3 saturated heterocycles. The lowest BCUT2D eigenvalue weighted by atomic mass is 9.84. The van der Waals surface area contributed by atoms with Crippen LogP contribution in [0.5, 0.6) is 0 Å². The Morgan fingerprint density at radius 2 is 1.81 bits per heavy atom.